The molecule has 1 aliphatic rings. The minimum atomic E-state index is -0.370. The largest absolute Gasteiger partial charge is 0.465 e. The summed E-state index contributed by atoms with van der Waals surface area (Å²) in [6.45, 7) is 1.72. The van der Waals surface area contributed by atoms with Gasteiger partial charge in [0.1, 0.15) is 5.82 Å². The lowest BCUT2D eigenvalue weighted by atomic mass is 10.1. The number of carbonyl (C=O) groups excluding carboxylic acids is 1. The Balaban J connectivity index is 1.84. The Morgan fingerprint density at radius 3 is 3.04 bits per heavy atom. The lowest BCUT2D eigenvalue weighted by molar-refractivity contribution is -0.141. The molecule has 2 aromatic heterocycles. The lowest BCUT2D eigenvalue weighted by Gasteiger charge is -2.16. The van der Waals surface area contributed by atoms with Crippen LogP contribution in [0.15, 0.2) is 40.7 Å². The molecule has 0 unspecified atom stereocenters. The molecule has 120 valence electrons. The van der Waals surface area contributed by atoms with Gasteiger partial charge in [-0.25, -0.2) is 4.79 Å². The van der Waals surface area contributed by atoms with Gasteiger partial charge < -0.3 is 10.5 Å². The SMILES string of the molecule is CC(=O)OC[C@@H]1C=C[C@H](n2cc(-c3cccs3)c(N)nc2=O)C1. The van der Waals surface area contributed by atoms with Crippen LogP contribution in [0.1, 0.15) is 19.4 Å². The highest BCUT2D eigenvalue weighted by Crippen LogP contribution is 2.31. The molecule has 0 saturated carbocycles. The van der Waals surface area contributed by atoms with E-state index in [0.717, 1.165) is 10.4 Å². The Morgan fingerprint density at radius 1 is 1.52 bits per heavy atom. The first-order valence-electron chi connectivity index (χ1n) is 7.29. The summed E-state index contributed by atoms with van der Waals surface area (Å²) >= 11 is 1.55. The highest BCUT2D eigenvalue weighted by atomic mass is 32.1. The van der Waals surface area contributed by atoms with E-state index in [2.05, 4.69) is 4.98 Å². The van der Waals surface area contributed by atoms with E-state index in [1.807, 2.05) is 29.7 Å². The predicted molar refractivity (Wildman–Crippen MR) is 89.1 cm³/mol. The van der Waals surface area contributed by atoms with Crippen LogP contribution in [0.2, 0.25) is 0 Å². The standard InChI is InChI=1S/C16H17N3O3S/c1-10(20)22-9-11-4-5-12(7-11)19-8-13(14-3-2-6-23-14)15(17)18-16(19)21/h2-6,8,11-12H,7,9H2,1H3,(H2,17,18,21)/t11-,12+/m1/s1. The maximum Gasteiger partial charge on any atom is 0.350 e. The van der Waals surface area contributed by atoms with Crippen molar-refractivity contribution in [3.63, 3.8) is 0 Å². The number of rotatable bonds is 4. The van der Waals surface area contributed by atoms with Crippen LogP contribution in [0.5, 0.6) is 0 Å². The van der Waals surface area contributed by atoms with Gasteiger partial charge in [0, 0.05) is 23.9 Å². The number of thiophene rings is 1. The molecule has 2 aromatic rings. The summed E-state index contributed by atoms with van der Waals surface area (Å²) in [7, 11) is 0. The van der Waals surface area contributed by atoms with Crippen molar-refractivity contribution in [1.82, 2.24) is 9.55 Å². The Labute approximate surface area is 137 Å². The summed E-state index contributed by atoms with van der Waals surface area (Å²) in [6, 6.07) is 3.77. The highest BCUT2D eigenvalue weighted by Gasteiger charge is 2.23. The van der Waals surface area contributed by atoms with Crippen molar-refractivity contribution in [3.05, 3.63) is 46.3 Å². The smallest absolute Gasteiger partial charge is 0.350 e. The third-order valence-electron chi connectivity index (χ3n) is 3.78. The summed E-state index contributed by atoms with van der Waals surface area (Å²) < 4.78 is 6.62. The van der Waals surface area contributed by atoms with Crippen LogP contribution < -0.4 is 11.4 Å². The Bertz CT molecular complexity index is 795. The van der Waals surface area contributed by atoms with Crippen LogP contribution in [0.3, 0.4) is 0 Å². The zero-order chi connectivity index (χ0) is 16.4. The van der Waals surface area contributed by atoms with Crippen LogP contribution in [0, 0.1) is 5.92 Å². The minimum Gasteiger partial charge on any atom is -0.465 e. The first-order valence-corrected chi connectivity index (χ1v) is 8.17. The number of ether oxygens (including phenoxy) is 1. The van der Waals surface area contributed by atoms with Crippen LogP contribution in [-0.2, 0) is 9.53 Å². The second-order valence-corrected chi connectivity index (χ2v) is 6.41. The number of aromatic nitrogens is 2. The Hall–Kier alpha value is -2.41. The van der Waals surface area contributed by atoms with Gasteiger partial charge in [-0.05, 0) is 17.9 Å². The van der Waals surface area contributed by atoms with E-state index in [1.54, 1.807) is 22.1 Å². The van der Waals surface area contributed by atoms with E-state index in [9.17, 15) is 9.59 Å². The molecule has 0 spiro atoms. The van der Waals surface area contributed by atoms with Crippen LogP contribution >= 0.6 is 11.3 Å². The van der Waals surface area contributed by atoms with Gasteiger partial charge in [0.05, 0.1) is 18.2 Å². The van der Waals surface area contributed by atoms with Gasteiger partial charge in [0.25, 0.3) is 0 Å². The van der Waals surface area contributed by atoms with Crippen molar-refractivity contribution in [2.24, 2.45) is 5.92 Å². The molecule has 0 amide bonds. The summed E-state index contributed by atoms with van der Waals surface area (Å²) in [5.74, 6) is 0.0545. The number of nitrogen functional groups attached to an aromatic ring is 1. The number of hydrogen-bond donors (Lipinski definition) is 1. The minimum absolute atomic E-state index is 0.102. The fourth-order valence-corrected chi connectivity index (χ4v) is 3.39. The van der Waals surface area contributed by atoms with Crippen molar-refractivity contribution in [3.8, 4) is 10.4 Å². The van der Waals surface area contributed by atoms with E-state index in [4.69, 9.17) is 10.5 Å². The molecule has 3 rings (SSSR count). The molecular weight excluding hydrogens is 314 g/mol. The van der Waals surface area contributed by atoms with Gasteiger partial charge in [-0.15, -0.1) is 11.3 Å². The Kier molecular flexibility index (Phi) is 4.29. The molecule has 0 aliphatic heterocycles. The average Bonchev–Trinajstić information content (AvgIpc) is 3.16. The molecule has 0 saturated heterocycles. The number of esters is 1. The quantitative estimate of drug-likeness (QED) is 0.686. The topological polar surface area (TPSA) is 87.2 Å². The van der Waals surface area contributed by atoms with Crippen LogP contribution in [-0.4, -0.2) is 22.1 Å². The van der Waals surface area contributed by atoms with Crippen molar-refractivity contribution in [1.29, 1.82) is 0 Å². The van der Waals surface area contributed by atoms with E-state index >= 15 is 0 Å². The number of carbonyl (C=O) groups is 1. The van der Waals surface area contributed by atoms with E-state index in [-0.39, 0.29) is 29.4 Å². The molecule has 0 fully saturated rings. The van der Waals surface area contributed by atoms with Gasteiger partial charge >= 0.3 is 11.7 Å². The number of hydrogen-bond acceptors (Lipinski definition) is 6. The van der Waals surface area contributed by atoms with Gasteiger partial charge in [0.2, 0.25) is 0 Å². The third-order valence-corrected chi connectivity index (χ3v) is 4.68. The normalized spacial score (nSPS) is 19.9. The monoisotopic (exact) mass is 331 g/mol. The molecule has 1 aliphatic carbocycles. The lowest BCUT2D eigenvalue weighted by Crippen LogP contribution is -2.27. The second kappa shape index (κ2) is 6.37. The van der Waals surface area contributed by atoms with E-state index in [1.165, 1.54) is 6.92 Å². The van der Waals surface area contributed by atoms with Gasteiger partial charge in [-0.2, -0.15) is 4.98 Å². The van der Waals surface area contributed by atoms with Crippen LogP contribution in [0.25, 0.3) is 10.4 Å². The second-order valence-electron chi connectivity index (χ2n) is 5.46. The van der Waals surface area contributed by atoms with E-state index in [0.29, 0.717) is 13.0 Å². The summed E-state index contributed by atoms with van der Waals surface area (Å²) in [5.41, 5.74) is 6.29. The molecule has 0 aromatic carbocycles. The summed E-state index contributed by atoms with van der Waals surface area (Å²) in [5, 5.41) is 1.95. The molecule has 2 atom stereocenters. The maximum atomic E-state index is 12.2. The van der Waals surface area contributed by atoms with Crippen molar-refractivity contribution >= 4 is 23.1 Å². The zero-order valence-electron chi connectivity index (χ0n) is 12.6. The fourth-order valence-electron chi connectivity index (χ4n) is 2.65. The highest BCUT2D eigenvalue weighted by molar-refractivity contribution is 7.13. The molecule has 0 bridgehead atoms. The van der Waals surface area contributed by atoms with Crippen molar-refractivity contribution in [2.45, 2.75) is 19.4 Å². The third kappa shape index (κ3) is 3.34. The average molecular weight is 331 g/mol. The molecule has 0 radical (unpaired) electrons. The first-order chi connectivity index (χ1) is 11.0. The maximum absolute atomic E-state index is 12.2. The summed E-state index contributed by atoms with van der Waals surface area (Å²) in [6.07, 6.45) is 6.38. The number of nitrogens with two attached hydrogens (primary N) is 1. The van der Waals surface area contributed by atoms with E-state index < -0.39 is 0 Å². The van der Waals surface area contributed by atoms with Crippen molar-refractivity contribution in [2.75, 3.05) is 12.3 Å². The molecule has 23 heavy (non-hydrogen) atoms. The zero-order valence-corrected chi connectivity index (χ0v) is 13.5. The van der Waals surface area contributed by atoms with Crippen molar-refractivity contribution < 1.29 is 9.53 Å². The fraction of sp³-hybridized carbons (Fsp3) is 0.312. The Morgan fingerprint density at radius 2 is 2.35 bits per heavy atom. The number of anilines is 1. The van der Waals surface area contributed by atoms with Gasteiger partial charge in [-0.1, -0.05) is 18.2 Å². The molecule has 7 heteroatoms. The molecule has 2 heterocycles. The molecular formula is C16H17N3O3S. The van der Waals surface area contributed by atoms with Crippen LogP contribution in [0.4, 0.5) is 5.82 Å². The number of nitrogens with zero attached hydrogens (tertiary/aromatic N) is 2. The first kappa shape index (κ1) is 15.5. The molecule has 2 N–H and O–H groups in total. The molecule has 6 nitrogen and oxygen atoms in total. The van der Waals surface area contributed by atoms with Gasteiger partial charge in [-0.3, -0.25) is 9.36 Å². The predicted octanol–water partition coefficient (Wildman–Crippen LogP) is 2.23. The summed E-state index contributed by atoms with van der Waals surface area (Å²) in [4.78, 5) is 28.0. The van der Waals surface area contributed by atoms with Gasteiger partial charge in [0.15, 0.2) is 0 Å². The number of allylic oxidation sites excluding steroid dienone is 1.